The van der Waals surface area contributed by atoms with Crippen LogP contribution in [0.2, 0.25) is 0 Å². The van der Waals surface area contributed by atoms with Crippen LogP contribution in [0.3, 0.4) is 0 Å². The van der Waals surface area contributed by atoms with Crippen LogP contribution in [0.1, 0.15) is 24.2 Å². The summed E-state index contributed by atoms with van der Waals surface area (Å²) < 4.78 is 7.39. The monoisotopic (exact) mass is 284 g/mol. The molecule has 5 heteroatoms. The summed E-state index contributed by atoms with van der Waals surface area (Å²) in [6.07, 6.45) is 1.56. The summed E-state index contributed by atoms with van der Waals surface area (Å²) in [5.41, 5.74) is 1.26. The predicted molar refractivity (Wildman–Crippen MR) is 79.2 cm³/mol. The highest BCUT2D eigenvalue weighted by molar-refractivity contribution is 5.95. The molecule has 108 valence electrons. The average Bonchev–Trinajstić information content (AvgIpc) is 3.00. The largest absolute Gasteiger partial charge is 0.478 e. The van der Waals surface area contributed by atoms with E-state index in [1.54, 1.807) is 10.9 Å². The Morgan fingerprint density at radius 3 is 2.81 bits per heavy atom. The molecule has 0 fully saturated rings. The Morgan fingerprint density at radius 1 is 1.38 bits per heavy atom. The summed E-state index contributed by atoms with van der Waals surface area (Å²) in [4.78, 5) is 11.4. The molecule has 3 aromatic rings. The maximum Gasteiger partial charge on any atom is 0.339 e. The number of furan rings is 1. The van der Waals surface area contributed by atoms with Gasteiger partial charge in [0.1, 0.15) is 16.8 Å². The van der Waals surface area contributed by atoms with Crippen LogP contribution in [0.4, 0.5) is 0 Å². The zero-order valence-corrected chi connectivity index (χ0v) is 11.9. The molecular formula is C16H16N2O3. The number of nitrogens with zero attached hydrogens (tertiary/aromatic N) is 2. The molecule has 0 saturated carbocycles. The normalized spacial score (nSPS) is 11.4. The second-order valence-electron chi connectivity index (χ2n) is 5.46. The summed E-state index contributed by atoms with van der Waals surface area (Å²) in [5, 5.41) is 14.7. The minimum Gasteiger partial charge on any atom is -0.478 e. The molecule has 2 aromatic heterocycles. The molecule has 5 nitrogen and oxygen atoms in total. The fourth-order valence-electron chi connectivity index (χ4n) is 2.33. The Balaban J connectivity index is 2.11. The number of carbonyl (C=O) groups is 1. The third kappa shape index (κ3) is 2.54. The van der Waals surface area contributed by atoms with Gasteiger partial charge in [-0.05, 0) is 18.1 Å². The zero-order valence-electron chi connectivity index (χ0n) is 11.9. The van der Waals surface area contributed by atoms with E-state index in [0.29, 0.717) is 23.9 Å². The van der Waals surface area contributed by atoms with Crippen LogP contribution >= 0.6 is 0 Å². The minimum atomic E-state index is -1.000. The number of benzene rings is 1. The highest BCUT2D eigenvalue weighted by Gasteiger charge is 2.20. The number of hydrogen-bond acceptors (Lipinski definition) is 3. The van der Waals surface area contributed by atoms with E-state index in [-0.39, 0.29) is 5.56 Å². The second-order valence-corrected chi connectivity index (χ2v) is 5.46. The van der Waals surface area contributed by atoms with Crippen molar-refractivity contribution in [3.63, 3.8) is 0 Å². The standard InChI is InChI=1S/C16H16N2O3/c1-10(2)8-18-9-12(16(19)20)15(17-18)14-7-11-5-3-4-6-13(11)21-14/h3-7,9-10H,8H2,1-2H3,(H,19,20). The second kappa shape index (κ2) is 5.09. The average molecular weight is 284 g/mol. The van der Waals surface area contributed by atoms with Crippen molar-refractivity contribution >= 4 is 16.9 Å². The van der Waals surface area contributed by atoms with Crippen molar-refractivity contribution < 1.29 is 14.3 Å². The molecule has 0 aliphatic rings. The number of carboxylic acids is 1. The van der Waals surface area contributed by atoms with Gasteiger partial charge in [0.25, 0.3) is 0 Å². The summed E-state index contributed by atoms with van der Waals surface area (Å²) in [6.45, 7) is 4.78. The van der Waals surface area contributed by atoms with Crippen LogP contribution in [-0.4, -0.2) is 20.9 Å². The van der Waals surface area contributed by atoms with Crippen LogP contribution < -0.4 is 0 Å². The van der Waals surface area contributed by atoms with Crippen molar-refractivity contribution in [3.05, 3.63) is 42.1 Å². The number of hydrogen-bond donors (Lipinski definition) is 1. The Hall–Kier alpha value is -2.56. The van der Waals surface area contributed by atoms with Crippen molar-refractivity contribution in [2.24, 2.45) is 5.92 Å². The van der Waals surface area contributed by atoms with Crippen LogP contribution in [0.5, 0.6) is 0 Å². The number of aromatic carboxylic acids is 1. The topological polar surface area (TPSA) is 68.3 Å². The number of para-hydroxylation sites is 1. The fraction of sp³-hybridized carbons (Fsp3) is 0.250. The highest BCUT2D eigenvalue weighted by atomic mass is 16.4. The van der Waals surface area contributed by atoms with E-state index < -0.39 is 5.97 Å². The number of fused-ring (bicyclic) bond motifs is 1. The van der Waals surface area contributed by atoms with E-state index in [2.05, 4.69) is 18.9 Å². The lowest BCUT2D eigenvalue weighted by Gasteiger charge is -2.03. The number of rotatable bonds is 4. The SMILES string of the molecule is CC(C)Cn1cc(C(=O)O)c(-c2cc3ccccc3o2)n1. The van der Waals surface area contributed by atoms with Gasteiger partial charge in [-0.25, -0.2) is 4.79 Å². The van der Waals surface area contributed by atoms with Gasteiger partial charge in [0, 0.05) is 18.1 Å². The molecule has 0 spiro atoms. The van der Waals surface area contributed by atoms with Gasteiger partial charge >= 0.3 is 5.97 Å². The Labute approximate surface area is 121 Å². The molecule has 1 aromatic carbocycles. The molecule has 0 unspecified atom stereocenters. The fourth-order valence-corrected chi connectivity index (χ4v) is 2.33. The Morgan fingerprint density at radius 2 is 2.14 bits per heavy atom. The maximum atomic E-state index is 11.4. The molecule has 3 rings (SSSR count). The van der Waals surface area contributed by atoms with E-state index in [1.165, 1.54) is 0 Å². The summed E-state index contributed by atoms with van der Waals surface area (Å²) in [7, 11) is 0. The first-order valence-corrected chi connectivity index (χ1v) is 6.84. The summed E-state index contributed by atoms with van der Waals surface area (Å²) in [5.74, 6) is -0.133. The van der Waals surface area contributed by atoms with Gasteiger partial charge < -0.3 is 9.52 Å². The molecule has 1 N–H and O–H groups in total. The molecule has 0 amide bonds. The highest BCUT2D eigenvalue weighted by Crippen LogP contribution is 2.29. The van der Waals surface area contributed by atoms with E-state index in [4.69, 9.17) is 4.42 Å². The van der Waals surface area contributed by atoms with Crippen molar-refractivity contribution in [2.45, 2.75) is 20.4 Å². The van der Waals surface area contributed by atoms with Crippen molar-refractivity contribution in [1.82, 2.24) is 9.78 Å². The summed E-state index contributed by atoms with van der Waals surface area (Å²) in [6, 6.07) is 9.39. The first-order valence-electron chi connectivity index (χ1n) is 6.84. The van der Waals surface area contributed by atoms with E-state index in [0.717, 1.165) is 11.0 Å². The lowest BCUT2D eigenvalue weighted by molar-refractivity contribution is 0.0697. The third-order valence-electron chi connectivity index (χ3n) is 3.20. The molecule has 0 bridgehead atoms. The van der Waals surface area contributed by atoms with Crippen LogP contribution in [0, 0.1) is 5.92 Å². The third-order valence-corrected chi connectivity index (χ3v) is 3.20. The number of aromatic nitrogens is 2. The van der Waals surface area contributed by atoms with Gasteiger partial charge in [-0.15, -0.1) is 0 Å². The maximum absolute atomic E-state index is 11.4. The Bertz CT molecular complexity index is 766. The number of carboxylic acid groups (broad SMARTS) is 1. The van der Waals surface area contributed by atoms with E-state index in [9.17, 15) is 9.90 Å². The molecule has 0 atom stereocenters. The minimum absolute atomic E-state index is 0.162. The molecule has 0 radical (unpaired) electrons. The van der Waals surface area contributed by atoms with Crippen LogP contribution in [-0.2, 0) is 6.54 Å². The first-order chi connectivity index (χ1) is 10.0. The van der Waals surface area contributed by atoms with Crippen molar-refractivity contribution in [3.8, 4) is 11.5 Å². The van der Waals surface area contributed by atoms with Gasteiger partial charge in [0.05, 0.1) is 0 Å². The van der Waals surface area contributed by atoms with Gasteiger partial charge in [-0.3, -0.25) is 4.68 Å². The molecule has 21 heavy (non-hydrogen) atoms. The zero-order chi connectivity index (χ0) is 15.0. The van der Waals surface area contributed by atoms with Crippen molar-refractivity contribution in [2.75, 3.05) is 0 Å². The van der Waals surface area contributed by atoms with Gasteiger partial charge in [-0.1, -0.05) is 32.0 Å². The molecule has 0 aliphatic carbocycles. The van der Waals surface area contributed by atoms with Gasteiger partial charge in [0.2, 0.25) is 0 Å². The lowest BCUT2D eigenvalue weighted by atomic mass is 10.2. The van der Waals surface area contributed by atoms with Crippen LogP contribution in [0.15, 0.2) is 40.9 Å². The first kappa shape index (κ1) is 13.4. The van der Waals surface area contributed by atoms with Crippen molar-refractivity contribution in [1.29, 1.82) is 0 Å². The molecule has 0 aliphatic heterocycles. The molecule has 0 saturated heterocycles. The predicted octanol–water partition coefficient (Wildman–Crippen LogP) is 3.65. The lowest BCUT2D eigenvalue weighted by Crippen LogP contribution is -2.04. The molecule has 2 heterocycles. The smallest absolute Gasteiger partial charge is 0.339 e. The molecular weight excluding hydrogens is 268 g/mol. The van der Waals surface area contributed by atoms with E-state index >= 15 is 0 Å². The van der Waals surface area contributed by atoms with E-state index in [1.807, 2.05) is 30.3 Å². The summed E-state index contributed by atoms with van der Waals surface area (Å²) >= 11 is 0. The van der Waals surface area contributed by atoms with Gasteiger partial charge in [-0.2, -0.15) is 5.10 Å². The van der Waals surface area contributed by atoms with Crippen LogP contribution in [0.25, 0.3) is 22.4 Å². The Kier molecular flexibility index (Phi) is 3.25. The quantitative estimate of drug-likeness (QED) is 0.794. The van der Waals surface area contributed by atoms with Gasteiger partial charge in [0.15, 0.2) is 5.76 Å².